The maximum atomic E-state index is 11.7. The molecule has 0 rings (SSSR count). The van der Waals surface area contributed by atoms with E-state index in [-0.39, 0.29) is 0 Å². The van der Waals surface area contributed by atoms with Gasteiger partial charge in [-0.2, -0.15) is 0 Å². The van der Waals surface area contributed by atoms with Crippen molar-refractivity contribution >= 4 is 19.2 Å². The Morgan fingerprint density at radius 3 is 2.00 bits per heavy atom. The zero-order valence-electron chi connectivity index (χ0n) is 7.33. The Morgan fingerprint density at radius 1 is 1.50 bits per heavy atom. The van der Waals surface area contributed by atoms with Crippen LogP contribution in [0.4, 0.5) is 0 Å². The summed E-state index contributed by atoms with van der Waals surface area (Å²) >= 11 is 5.45. The highest BCUT2D eigenvalue weighted by Crippen LogP contribution is 2.57. The monoisotopic (exact) mass is 210 g/mol. The minimum absolute atomic E-state index is 0.300. The molecule has 0 aliphatic carbocycles. The molecule has 0 saturated heterocycles. The third-order valence-corrected chi connectivity index (χ3v) is 3.75. The van der Waals surface area contributed by atoms with Gasteiger partial charge in [-0.3, -0.25) is 4.57 Å². The molecule has 70 valence electrons. The lowest BCUT2D eigenvalue weighted by molar-refractivity contribution is 0.284. The molecule has 0 aliphatic heterocycles. The fraction of sp³-hybridized carbons (Fsp3) is 0.429. The van der Waals surface area contributed by atoms with E-state index < -0.39 is 7.60 Å². The lowest BCUT2D eigenvalue weighted by atomic mass is 10.3. The van der Waals surface area contributed by atoms with Crippen LogP contribution in [0, 0.1) is 0 Å². The van der Waals surface area contributed by atoms with Crippen LogP contribution in [0.15, 0.2) is 23.0 Å². The molecule has 0 aromatic heterocycles. The van der Waals surface area contributed by atoms with E-state index in [1.807, 2.05) is 0 Å². The molecule has 0 aliphatic rings. The van der Waals surface area contributed by atoms with Gasteiger partial charge in [-0.05, 0) is 12.5 Å². The van der Waals surface area contributed by atoms with E-state index in [9.17, 15) is 4.57 Å². The van der Waals surface area contributed by atoms with Crippen LogP contribution < -0.4 is 0 Å². The smallest absolute Gasteiger partial charge is 0.309 e. The average molecular weight is 211 g/mol. The summed E-state index contributed by atoms with van der Waals surface area (Å²) in [5, 5.41) is 0.300. The topological polar surface area (TPSA) is 35.5 Å². The molecule has 0 amide bonds. The zero-order valence-corrected chi connectivity index (χ0v) is 8.98. The van der Waals surface area contributed by atoms with Crippen LogP contribution in [0.3, 0.4) is 0 Å². The van der Waals surface area contributed by atoms with E-state index in [1.165, 1.54) is 14.2 Å². The van der Waals surface area contributed by atoms with Crippen molar-refractivity contribution in [2.75, 3.05) is 14.2 Å². The van der Waals surface area contributed by atoms with Gasteiger partial charge in [0, 0.05) is 19.8 Å². The molecule has 12 heavy (non-hydrogen) atoms. The lowest BCUT2D eigenvalue weighted by Crippen LogP contribution is -1.93. The van der Waals surface area contributed by atoms with Crippen molar-refractivity contribution in [3.05, 3.63) is 23.0 Å². The third-order valence-electron chi connectivity index (χ3n) is 1.32. The van der Waals surface area contributed by atoms with Crippen molar-refractivity contribution < 1.29 is 13.6 Å². The van der Waals surface area contributed by atoms with Gasteiger partial charge in [-0.15, -0.1) is 0 Å². The molecule has 0 aromatic rings. The number of hydrogen-bond donors (Lipinski definition) is 0. The van der Waals surface area contributed by atoms with Crippen molar-refractivity contribution in [3.63, 3.8) is 0 Å². The van der Waals surface area contributed by atoms with Crippen LogP contribution in [0.25, 0.3) is 0 Å². The van der Waals surface area contributed by atoms with Crippen molar-refractivity contribution in [1.29, 1.82) is 0 Å². The fourth-order valence-corrected chi connectivity index (χ4v) is 2.33. The van der Waals surface area contributed by atoms with Crippen LogP contribution in [0.1, 0.15) is 6.92 Å². The number of hydrogen-bond acceptors (Lipinski definition) is 3. The van der Waals surface area contributed by atoms with Gasteiger partial charge in [0.2, 0.25) is 0 Å². The van der Waals surface area contributed by atoms with Gasteiger partial charge in [-0.25, -0.2) is 0 Å². The third kappa shape index (κ3) is 2.46. The average Bonchev–Trinajstić information content (AvgIpc) is 2.04. The molecule has 5 heteroatoms. The van der Waals surface area contributed by atoms with Crippen LogP contribution in [0.2, 0.25) is 0 Å². The summed E-state index contributed by atoms with van der Waals surface area (Å²) in [6, 6.07) is 0. The minimum Gasteiger partial charge on any atom is -0.309 e. The molecule has 0 aromatic carbocycles. The first-order valence-corrected chi connectivity index (χ1v) is 5.18. The molecule has 0 radical (unpaired) electrons. The first-order chi connectivity index (χ1) is 5.51. The zero-order chi connectivity index (χ0) is 9.78. The molecular formula is C7H12ClO3P. The summed E-state index contributed by atoms with van der Waals surface area (Å²) in [6.07, 6.45) is 0. The minimum atomic E-state index is -3.22. The molecular weight excluding hydrogens is 199 g/mol. The maximum absolute atomic E-state index is 11.7. The van der Waals surface area contributed by atoms with E-state index in [0.29, 0.717) is 10.9 Å². The quantitative estimate of drug-likeness (QED) is 0.528. The normalized spacial score (nSPS) is 13.2. The van der Waals surface area contributed by atoms with E-state index in [2.05, 4.69) is 6.58 Å². The molecule has 0 saturated carbocycles. The number of allylic oxidation sites excluding steroid dienone is 2. The first kappa shape index (κ1) is 11.9. The van der Waals surface area contributed by atoms with E-state index in [1.54, 1.807) is 6.92 Å². The molecule has 0 bridgehead atoms. The summed E-state index contributed by atoms with van der Waals surface area (Å²) in [5.74, 6) is 0. The summed E-state index contributed by atoms with van der Waals surface area (Å²) in [5.41, 5.74) is 1.73. The van der Waals surface area contributed by atoms with Crippen LogP contribution in [0.5, 0.6) is 0 Å². The molecule has 0 spiro atoms. The highest BCUT2D eigenvalue weighted by atomic mass is 35.5. The highest BCUT2D eigenvalue weighted by Gasteiger charge is 2.27. The summed E-state index contributed by atoms with van der Waals surface area (Å²) < 4.78 is 21.1. The van der Waals surface area contributed by atoms with Gasteiger partial charge in [-0.1, -0.05) is 18.2 Å². The summed E-state index contributed by atoms with van der Waals surface area (Å²) in [7, 11) is -0.619. The molecule has 0 unspecified atom stereocenters. The van der Waals surface area contributed by atoms with Gasteiger partial charge in [0.25, 0.3) is 0 Å². The van der Waals surface area contributed by atoms with Gasteiger partial charge in [0.1, 0.15) is 0 Å². The van der Waals surface area contributed by atoms with Gasteiger partial charge >= 0.3 is 7.60 Å². The van der Waals surface area contributed by atoms with Gasteiger partial charge in [0.15, 0.2) is 0 Å². The predicted octanol–water partition coefficient (Wildman–Crippen LogP) is 3.13. The van der Waals surface area contributed by atoms with E-state index in [0.717, 1.165) is 5.54 Å². The van der Waals surface area contributed by atoms with Crippen molar-refractivity contribution in [3.8, 4) is 0 Å². The first-order valence-electron chi connectivity index (χ1n) is 3.20. The highest BCUT2D eigenvalue weighted by molar-refractivity contribution is 7.58. The Bertz CT molecular complexity index is 239. The van der Waals surface area contributed by atoms with E-state index >= 15 is 0 Å². The number of halogens is 1. The number of rotatable bonds is 4. The Morgan fingerprint density at radius 2 is 1.92 bits per heavy atom. The molecule has 0 fully saturated rings. The SMILES string of the molecule is C=C(C)/C(=C\Cl)P(=O)(OC)OC. The molecule has 0 heterocycles. The van der Waals surface area contributed by atoms with E-state index in [4.69, 9.17) is 20.6 Å². The standard InChI is InChI=1S/C7H12ClO3P/c1-6(2)7(5-8)12(9,10-3)11-4/h5H,1H2,2-4H3/b7-5+. The van der Waals surface area contributed by atoms with Gasteiger partial charge in [0.05, 0.1) is 5.31 Å². The molecule has 0 N–H and O–H groups in total. The van der Waals surface area contributed by atoms with Crippen molar-refractivity contribution in [1.82, 2.24) is 0 Å². The largest absolute Gasteiger partial charge is 0.361 e. The summed E-state index contributed by atoms with van der Waals surface area (Å²) in [6.45, 7) is 5.28. The summed E-state index contributed by atoms with van der Waals surface area (Å²) in [4.78, 5) is 0. The second-order valence-electron chi connectivity index (χ2n) is 2.14. The van der Waals surface area contributed by atoms with Gasteiger partial charge < -0.3 is 9.05 Å². The van der Waals surface area contributed by atoms with Crippen LogP contribution in [-0.2, 0) is 13.6 Å². The Kier molecular flexibility index (Phi) is 4.80. The van der Waals surface area contributed by atoms with Crippen molar-refractivity contribution in [2.45, 2.75) is 6.92 Å². The fourth-order valence-electron chi connectivity index (χ4n) is 0.658. The molecule has 3 nitrogen and oxygen atoms in total. The lowest BCUT2D eigenvalue weighted by Gasteiger charge is -2.15. The Balaban J connectivity index is 4.97. The maximum Gasteiger partial charge on any atom is 0.361 e. The Labute approximate surface area is 77.5 Å². The second kappa shape index (κ2) is 4.83. The van der Waals surface area contributed by atoms with Crippen LogP contribution >= 0.6 is 19.2 Å². The predicted molar refractivity (Wildman–Crippen MR) is 50.4 cm³/mol. The second-order valence-corrected chi connectivity index (χ2v) is 4.56. The van der Waals surface area contributed by atoms with Crippen LogP contribution in [-0.4, -0.2) is 14.2 Å². The van der Waals surface area contributed by atoms with Crippen molar-refractivity contribution in [2.24, 2.45) is 0 Å². The molecule has 0 atom stereocenters. The Hall–Kier alpha value is -0.0800.